The summed E-state index contributed by atoms with van der Waals surface area (Å²) in [5.74, 6) is 0. The van der Waals surface area contributed by atoms with E-state index in [2.05, 4.69) is 0 Å². The van der Waals surface area contributed by atoms with Gasteiger partial charge in [-0.25, -0.2) is 5.26 Å². The molecule has 0 aliphatic rings. The third-order valence-electron chi connectivity index (χ3n) is 0.0707. The first-order valence-electron chi connectivity index (χ1n) is 0.893. The smallest absolute Gasteiger partial charge is 0.272 e. The lowest BCUT2D eigenvalue weighted by atomic mass is 11.8. The zero-order chi connectivity index (χ0) is 3.41. The average molecular weight is 73.1 g/mol. The molecule has 0 saturated carbocycles. The van der Waals surface area contributed by atoms with Crippen LogP contribution in [0.25, 0.3) is 0 Å². The van der Waals surface area contributed by atoms with Crippen LogP contribution < -0.4 is 0 Å². The standard InChI is InChI=1S/CH3NOSi/c2-1-4-3/h3H,4H2. The Morgan fingerprint density at radius 3 is 2.25 bits per heavy atom. The lowest BCUT2D eigenvalue weighted by Gasteiger charge is -1.47. The topological polar surface area (TPSA) is 44.0 Å². The Kier molecular flexibility index (Phi) is 2.44. The highest BCUT2D eigenvalue weighted by Gasteiger charge is 1.55. The van der Waals surface area contributed by atoms with E-state index >= 15 is 0 Å². The van der Waals surface area contributed by atoms with Gasteiger partial charge in [0.1, 0.15) is 0 Å². The van der Waals surface area contributed by atoms with Crippen molar-refractivity contribution in [2.75, 3.05) is 0 Å². The van der Waals surface area contributed by atoms with Crippen molar-refractivity contribution >= 4 is 9.76 Å². The minimum absolute atomic E-state index is 1.27. The van der Waals surface area contributed by atoms with E-state index in [1.54, 1.807) is 5.69 Å². The minimum Gasteiger partial charge on any atom is -0.425 e. The van der Waals surface area contributed by atoms with Crippen molar-refractivity contribution in [3.05, 3.63) is 0 Å². The molecule has 0 heterocycles. The van der Waals surface area contributed by atoms with E-state index in [9.17, 15) is 0 Å². The summed E-state index contributed by atoms with van der Waals surface area (Å²) < 4.78 is 0. The molecule has 22 valence electrons. The van der Waals surface area contributed by atoms with Gasteiger partial charge < -0.3 is 4.80 Å². The predicted molar refractivity (Wildman–Crippen MR) is 16.4 cm³/mol. The van der Waals surface area contributed by atoms with Crippen LogP contribution in [0.3, 0.4) is 0 Å². The normalized spacial score (nSPS) is 8.00. The fraction of sp³-hybridized carbons (Fsp3) is 0. The van der Waals surface area contributed by atoms with E-state index in [1.807, 2.05) is 0 Å². The summed E-state index contributed by atoms with van der Waals surface area (Å²) in [6.45, 7) is 0. The van der Waals surface area contributed by atoms with E-state index in [4.69, 9.17) is 10.1 Å². The van der Waals surface area contributed by atoms with Crippen LogP contribution in [0.2, 0.25) is 0 Å². The Labute approximate surface area is 26.6 Å². The van der Waals surface area contributed by atoms with Gasteiger partial charge in [-0.1, -0.05) is 0 Å². The Bertz CT molecular complexity index is 37.8. The molecule has 0 spiro atoms. The van der Waals surface area contributed by atoms with Crippen molar-refractivity contribution in [2.45, 2.75) is 0 Å². The Morgan fingerprint density at radius 1 is 2.00 bits per heavy atom. The van der Waals surface area contributed by atoms with Crippen LogP contribution in [0.5, 0.6) is 0 Å². The quantitative estimate of drug-likeness (QED) is 0.356. The summed E-state index contributed by atoms with van der Waals surface area (Å²) >= 11 is 0. The molecular formula is CH3NOSi. The van der Waals surface area contributed by atoms with Crippen LogP contribution in [0, 0.1) is 11.0 Å². The number of nitriles is 1. The second-order valence-corrected chi connectivity index (χ2v) is 0.949. The van der Waals surface area contributed by atoms with Crippen LogP contribution in [-0.4, -0.2) is 14.6 Å². The minimum atomic E-state index is -1.27. The van der Waals surface area contributed by atoms with E-state index < -0.39 is 9.76 Å². The lowest BCUT2D eigenvalue weighted by Crippen LogP contribution is -1.73. The van der Waals surface area contributed by atoms with Crippen LogP contribution in [0.1, 0.15) is 0 Å². The van der Waals surface area contributed by atoms with Gasteiger partial charge in [0.05, 0.1) is 5.69 Å². The lowest BCUT2D eigenvalue weighted by molar-refractivity contribution is 0.616. The van der Waals surface area contributed by atoms with Gasteiger partial charge in [-0.15, -0.1) is 0 Å². The highest BCUT2D eigenvalue weighted by molar-refractivity contribution is 6.35. The molecule has 0 radical (unpaired) electrons. The third-order valence-corrected chi connectivity index (χ3v) is 0.212. The van der Waals surface area contributed by atoms with Crippen molar-refractivity contribution in [1.29, 1.82) is 5.26 Å². The molecule has 0 saturated heterocycles. The number of hydrogen-bond donors (Lipinski definition) is 1. The SMILES string of the molecule is N#C[SiH2]O. The molecule has 0 aliphatic heterocycles. The molecule has 1 N–H and O–H groups in total. The zero-order valence-corrected chi connectivity index (χ0v) is 3.52. The molecule has 2 nitrogen and oxygen atoms in total. The van der Waals surface area contributed by atoms with Gasteiger partial charge in [-0.05, 0) is 0 Å². The molecule has 0 amide bonds. The van der Waals surface area contributed by atoms with E-state index in [0.717, 1.165) is 0 Å². The monoisotopic (exact) mass is 73.0 g/mol. The molecule has 4 heavy (non-hydrogen) atoms. The number of hydrogen-bond acceptors (Lipinski definition) is 2. The predicted octanol–water partition coefficient (Wildman–Crippen LogP) is -1.46. The summed E-state index contributed by atoms with van der Waals surface area (Å²) in [6, 6.07) is 0. The van der Waals surface area contributed by atoms with Gasteiger partial charge in [-0.3, -0.25) is 0 Å². The first-order valence-corrected chi connectivity index (χ1v) is 2.23. The summed E-state index contributed by atoms with van der Waals surface area (Å²) in [7, 11) is -1.27. The maximum absolute atomic E-state index is 7.65. The molecule has 0 fully saturated rings. The first-order chi connectivity index (χ1) is 1.91. The third kappa shape index (κ3) is 1.67. The van der Waals surface area contributed by atoms with E-state index in [0.29, 0.717) is 0 Å². The fourth-order valence-electron chi connectivity index (χ4n) is 0. The van der Waals surface area contributed by atoms with Gasteiger partial charge >= 0.3 is 0 Å². The van der Waals surface area contributed by atoms with Crippen molar-refractivity contribution in [1.82, 2.24) is 0 Å². The molecule has 0 aromatic heterocycles. The van der Waals surface area contributed by atoms with Crippen LogP contribution in [0.15, 0.2) is 0 Å². The first kappa shape index (κ1) is 3.67. The average Bonchev–Trinajstić information content (AvgIpc) is 1.37. The highest BCUT2D eigenvalue weighted by atomic mass is 28.2. The van der Waals surface area contributed by atoms with Gasteiger partial charge in [-0.2, -0.15) is 0 Å². The summed E-state index contributed by atoms with van der Waals surface area (Å²) in [4.78, 5) is 7.65. The molecule has 0 aromatic rings. The van der Waals surface area contributed by atoms with Crippen molar-refractivity contribution in [2.24, 2.45) is 0 Å². The fourth-order valence-corrected chi connectivity index (χ4v) is 0. The molecule has 3 heteroatoms. The summed E-state index contributed by atoms with van der Waals surface area (Å²) in [6.07, 6.45) is 0. The van der Waals surface area contributed by atoms with Crippen LogP contribution in [0.4, 0.5) is 0 Å². The number of rotatable bonds is 0. The van der Waals surface area contributed by atoms with Crippen LogP contribution >= 0.6 is 0 Å². The Balaban J connectivity index is 2.43. The van der Waals surface area contributed by atoms with E-state index in [-0.39, 0.29) is 0 Å². The number of nitrogens with zero attached hydrogens (tertiary/aromatic N) is 1. The summed E-state index contributed by atoms with van der Waals surface area (Å²) in [5, 5.41) is 7.44. The zero-order valence-electron chi connectivity index (χ0n) is 2.10. The molecule has 0 atom stereocenters. The van der Waals surface area contributed by atoms with Gasteiger partial charge in [0.25, 0.3) is 9.76 Å². The molecule has 0 unspecified atom stereocenters. The maximum Gasteiger partial charge on any atom is 0.272 e. The largest absolute Gasteiger partial charge is 0.425 e. The Hall–Kier alpha value is -0.333. The van der Waals surface area contributed by atoms with Gasteiger partial charge in [0.2, 0.25) is 0 Å². The van der Waals surface area contributed by atoms with Crippen molar-refractivity contribution in [3.63, 3.8) is 0 Å². The molecule has 0 aliphatic carbocycles. The van der Waals surface area contributed by atoms with Crippen molar-refractivity contribution < 1.29 is 4.80 Å². The second kappa shape index (κ2) is 2.67. The maximum atomic E-state index is 7.65. The Morgan fingerprint density at radius 2 is 2.25 bits per heavy atom. The van der Waals surface area contributed by atoms with E-state index in [1.165, 1.54) is 0 Å². The second-order valence-electron chi connectivity index (χ2n) is 0.316. The molecule has 0 aromatic carbocycles. The molecular weight excluding hydrogens is 70.1 g/mol. The highest BCUT2D eigenvalue weighted by Crippen LogP contribution is 1.27. The molecule has 0 bridgehead atoms. The van der Waals surface area contributed by atoms with Crippen molar-refractivity contribution in [3.8, 4) is 5.69 Å². The summed E-state index contributed by atoms with van der Waals surface area (Å²) in [5.41, 5.74) is 1.62. The van der Waals surface area contributed by atoms with Gasteiger partial charge in [0, 0.05) is 0 Å². The van der Waals surface area contributed by atoms with Gasteiger partial charge in [0.15, 0.2) is 0 Å². The van der Waals surface area contributed by atoms with Crippen LogP contribution in [-0.2, 0) is 0 Å². The molecule has 0 rings (SSSR count).